The summed E-state index contributed by atoms with van der Waals surface area (Å²) in [4.78, 5) is 11.9. The molecule has 0 atom stereocenters. The van der Waals surface area contributed by atoms with Gasteiger partial charge in [0.1, 0.15) is 0 Å². The van der Waals surface area contributed by atoms with Gasteiger partial charge < -0.3 is 10.6 Å². The second-order valence-corrected chi connectivity index (χ2v) is 5.87. The van der Waals surface area contributed by atoms with Crippen molar-refractivity contribution in [2.75, 3.05) is 10.6 Å². The van der Waals surface area contributed by atoms with Crippen LogP contribution in [0.5, 0.6) is 0 Å². The van der Waals surface area contributed by atoms with Gasteiger partial charge in [0, 0.05) is 20.9 Å². The van der Waals surface area contributed by atoms with E-state index in [1.807, 2.05) is 13.0 Å². The zero-order valence-corrected chi connectivity index (χ0v) is 13.6. The van der Waals surface area contributed by atoms with Gasteiger partial charge in [-0.25, -0.2) is 4.79 Å². The highest BCUT2D eigenvalue weighted by atomic mass is 79.9. The molecule has 0 radical (unpaired) electrons. The van der Waals surface area contributed by atoms with Crippen LogP contribution in [-0.4, -0.2) is 6.03 Å². The van der Waals surface area contributed by atoms with E-state index in [1.165, 1.54) is 0 Å². The second kappa shape index (κ2) is 6.48. The van der Waals surface area contributed by atoms with Crippen LogP contribution in [0.3, 0.4) is 0 Å². The molecule has 0 aromatic heterocycles. The number of urea groups is 1. The van der Waals surface area contributed by atoms with Crippen molar-refractivity contribution in [2.45, 2.75) is 6.92 Å². The molecule has 2 amide bonds. The number of aryl methyl sites for hydroxylation is 1. The van der Waals surface area contributed by atoms with Crippen LogP contribution in [-0.2, 0) is 0 Å². The van der Waals surface area contributed by atoms with Crippen molar-refractivity contribution < 1.29 is 4.79 Å². The van der Waals surface area contributed by atoms with Gasteiger partial charge in [-0.05, 0) is 58.7 Å². The minimum absolute atomic E-state index is 0.353. The van der Waals surface area contributed by atoms with Crippen molar-refractivity contribution in [1.29, 1.82) is 0 Å². The van der Waals surface area contributed by atoms with Crippen molar-refractivity contribution in [2.24, 2.45) is 0 Å². The maximum atomic E-state index is 11.9. The van der Waals surface area contributed by atoms with E-state index in [0.29, 0.717) is 21.4 Å². The summed E-state index contributed by atoms with van der Waals surface area (Å²) in [5.41, 5.74) is 2.20. The molecule has 0 aliphatic rings. The number of nitrogens with one attached hydrogen (secondary N) is 2. The summed E-state index contributed by atoms with van der Waals surface area (Å²) >= 11 is 15.2. The van der Waals surface area contributed by atoms with Crippen molar-refractivity contribution in [3.05, 3.63) is 56.5 Å². The lowest BCUT2D eigenvalue weighted by Gasteiger charge is -2.10. The van der Waals surface area contributed by atoms with Crippen LogP contribution in [0.2, 0.25) is 10.0 Å². The Bertz CT molecular complexity index is 662. The number of anilines is 2. The van der Waals surface area contributed by atoms with Crippen molar-refractivity contribution in [3.8, 4) is 0 Å². The molecule has 2 N–H and O–H groups in total. The third-order valence-corrected chi connectivity index (χ3v) is 4.09. The number of carbonyl (C=O) groups is 1. The van der Waals surface area contributed by atoms with Crippen molar-refractivity contribution in [1.82, 2.24) is 0 Å². The first-order chi connectivity index (χ1) is 9.45. The molecule has 0 bridgehead atoms. The molecule has 2 rings (SSSR count). The molecule has 0 spiro atoms. The Balaban J connectivity index is 2.09. The van der Waals surface area contributed by atoms with E-state index in [4.69, 9.17) is 23.2 Å². The molecule has 20 heavy (non-hydrogen) atoms. The largest absolute Gasteiger partial charge is 0.323 e. The molecular formula is C14H11BrCl2N2O. The Kier molecular flexibility index (Phi) is 4.91. The van der Waals surface area contributed by atoms with Gasteiger partial charge in [-0.15, -0.1) is 0 Å². The average Bonchev–Trinajstić information content (AvgIpc) is 2.38. The van der Waals surface area contributed by atoms with E-state index >= 15 is 0 Å². The fraction of sp³-hybridized carbons (Fsp3) is 0.0714. The highest BCUT2D eigenvalue weighted by Gasteiger charge is 2.07. The summed E-state index contributed by atoms with van der Waals surface area (Å²) in [5, 5.41) is 6.55. The standard InChI is InChI=1S/C14H11BrCl2N2O/c1-8-2-3-9(16)6-13(8)19-14(20)18-10-4-5-11(15)12(17)7-10/h2-7H,1H3,(H2,18,19,20). The Morgan fingerprint density at radius 2 is 1.85 bits per heavy atom. The number of carbonyl (C=O) groups excluding carboxylic acids is 1. The molecule has 3 nitrogen and oxygen atoms in total. The Morgan fingerprint density at radius 1 is 1.10 bits per heavy atom. The summed E-state index contributed by atoms with van der Waals surface area (Å²) in [5.74, 6) is 0. The van der Waals surface area contributed by atoms with E-state index in [-0.39, 0.29) is 6.03 Å². The number of rotatable bonds is 2. The summed E-state index contributed by atoms with van der Waals surface area (Å²) in [7, 11) is 0. The monoisotopic (exact) mass is 372 g/mol. The SMILES string of the molecule is Cc1ccc(Cl)cc1NC(=O)Nc1ccc(Br)c(Cl)c1. The lowest BCUT2D eigenvalue weighted by Crippen LogP contribution is -2.19. The first-order valence-corrected chi connectivity index (χ1v) is 7.30. The van der Waals surface area contributed by atoms with E-state index in [9.17, 15) is 4.79 Å². The molecule has 0 heterocycles. The molecule has 6 heteroatoms. The van der Waals surface area contributed by atoms with Gasteiger partial charge in [0.05, 0.1) is 5.02 Å². The topological polar surface area (TPSA) is 41.1 Å². The number of amides is 2. The number of hydrogen-bond donors (Lipinski definition) is 2. The van der Waals surface area contributed by atoms with Crippen molar-refractivity contribution in [3.63, 3.8) is 0 Å². The summed E-state index contributed by atoms with van der Waals surface area (Å²) in [6.45, 7) is 1.89. The van der Waals surface area contributed by atoms with Crippen LogP contribution in [0.25, 0.3) is 0 Å². The molecule has 0 aliphatic heterocycles. The Hall–Kier alpha value is -1.23. The minimum atomic E-state index is -0.353. The predicted molar refractivity (Wildman–Crippen MR) is 88.0 cm³/mol. The van der Waals surface area contributed by atoms with Crippen LogP contribution < -0.4 is 10.6 Å². The van der Waals surface area contributed by atoms with Gasteiger partial charge >= 0.3 is 6.03 Å². The normalized spacial score (nSPS) is 10.2. The number of hydrogen-bond acceptors (Lipinski definition) is 1. The average molecular weight is 374 g/mol. The molecule has 0 aliphatic carbocycles. The second-order valence-electron chi connectivity index (χ2n) is 4.17. The highest BCUT2D eigenvalue weighted by Crippen LogP contribution is 2.26. The number of halogens is 3. The summed E-state index contributed by atoms with van der Waals surface area (Å²) in [6, 6.07) is 10.1. The first-order valence-electron chi connectivity index (χ1n) is 5.75. The molecule has 2 aromatic rings. The fourth-order valence-electron chi connectivity index (χ4n) is 1.59. The lowest BCUT2D eigenvalue weighted by molar-refractivity contribution is 0.262. The fourth-order valence-corrected chi connectivity index (χ4v) is 2.19. The molecule has 0 fully saturated rings. The van der Waals surface area contributed by atoms with Gasteiger partial charge in [0.25, 0.3) is 0 Å². The molecule has 0 unspecified atom stereocenters. The maximum absolute atomic E-state index is 11.9. The zero-order chi connectivity index (χ0) is 14.7. The van der Waals surface area contributed by atoms with E-state index in [1.54, 1.807) is 30.3 Å². The summed E-state index contributed by atoms with van der Waals surface area (Å²) < 4.78 is 0.774. The third-order valence-electron chi connectivity index (χ3n) is 2.63. The molecule has 0 saturated carbocycles. The smallest absolute Gasteiger partial charge is 0.308 e. The lowest BCUT2D eigenvalue weighted by atomic mass is 10.2. The van der Waals surface area contributed by atoms with Gasteiger partial charge in [-0.1, -0.05) is 29.3 Å². The van der Waals surface area contributed by atoms with Crippen LogP contribution >= 0.6 is 39.1 Å². The van der Waals surface area contributed by atoms with Crippen LogP contribution in [0, 0.1) is 6.92 Å². The minimum Gasteiger partial charge on any atom is -0.308 e. The van der Waals surface area contributed by atoms with Gasteiger partial charge in [0.15, 0.2) is 0 Å². The van der Waals surface area contributed by atoms with Gasteiger partial charge in [-0.2, -0.15) is 0 Å². The van der Waals surface area contributed by atoms with Crippen LogP contribution in [0.1, 0.15) is 5.56 Å². The summed E-state index contributed by atoms with van der Waals surface area (Å²) in [6.07, 6.45) is 0. The molecule has 2 aromatic carbocycles. The van der Waals surface area contributed by atoms with Gasteiger partial charge in [0.2, 0.25) is 0 Å². The molecular weight excluding hydrogens is 363 g/mol. The van der Waals surface area contributed by atoms with Crippen LogP contribution in [0.4, 0.5) is 16.2 Å². The first kappa shape index (κ1) is 15.2. The van der Waals surface area contributed by atoms with E-state index in [0.717, 1.165) is 10.0 Å². The molecule has 0 saturated heterocycles. The van der Waals surface area contributed by atoms with Crippen molar-refractivity contribution >= 4 is 56.5 Å². The zero-order valence-electron chi connectivity index (χ0n) is 10.5. The third kappa shape index (κ3) is 3.88. The molecule has 104 valence electrons. The maximum Gasteiger partial charge on any atom is 0.323 e. The van der Waals surface area contributed by atoms with E-state index in [2.05, 4.69) is 26.6 Å². The quantitative estimate of drug-likeness (QED) is 0.695. The van der Waals surface area contributed by atoms with Gasteiger partial charge in [-0.3, -0.25) is 0 Å². The highest BCUT2D eigenvalue weighted by molar-refractivity contribution is 9.10. The number of benzene rings is 2. The predicted octanol–water partition coefficient (Wildman–Crippen LogP) is 5.71. The van der Waals surface area contributed by atoms with E-state index < -0.39 is 0 Å². The van der Waals surface area contributed by atoms with Crippen LogP contribution in [0.15, 0.2) is 40.9 Å². The Morgan fingerprint density at radius 3 is 2.55 bits per heavy atom. The Labute approximate surface area is 135 Å².